The second-order valence-electron chi connectivity index (χ2n) is 3.88. The van der Waals surface area contributed by atoms with Gasteiger partial charge in [-0.15, -0.1) is 11.3 Å². The van der Waals surface area contributed by atoms with Gasteiger partial charge in [0.1, 0.15) is 0 Å². The molecule has 0 fully saturated rings. The van der Waals surface area contributed by atoms with Crippen LogP contribution in [0.5, 0.6) is 0 Å². The molecule has 2 aromatic rings. The van der Waals surface area contributed by atoms with Gasteiger partial charge in [0, 0.05) is 16.3 Å². The number of hydrogen-bond donors (Lipinski definition) is 1. The van der Waals surface area contributed by atoms with Gasteiger partial charge in [-0.25, -0.2) is 4.79 Å². The molecule has 2 rings (SSSR count). The van der Waals surface area contributed by atoms with Crippen LogP contribution in [0.2, 0.25) is 0 Å². The fourth-order valence-electron chi connectivity index (χ4n) is 1.85. The summed E-state index contributed by atoms with van der Waals surface area (Å²) >= 11 is 5.09. The molecule has 0 amide bonds. The van der Waals surface area contributed by atoms with Crippen LogP contribution in [0.15, 0.2) is 22.0 Å². The normalized spacial score (nSPS) is 10.8. The molecule has 0 aliphatic rings. The SMILES string of the molecule is Cc1cc(C(=O)O)c(C)n1Cc1ccc(Br)s1. The van der Waals surface area contributed by atoms with Gasteiger partial charge in [-0.3, -0.25) is 0 Å². The number of aromatic carboxylic acids is 1. The first-order valence-corrected chi connectivity index (χ1v) is 6.74. The molecule has 0 saturated heterocycles. The van der Waals surface area contributed by atoms with E-state index in [2.05, 4.69) is 15.9 Å². The molecule has 2 heterocycles. The van der Waals surface area contributed by atoms with Gasteiger partial charge >= 0.3 is 5.97 Å². The van der Waals surface area contributed by atoms with Crippen LogP contribution >= 0.6 is 27.3 Å². The Kier molecular flexibility index (Phi) is 3.40. The molecule has 0 saturated carbocycles. The molecular formula is C12H12BrNO2S. The molecule has 3 nitrogen and oxygen atoms in total. The quantitative estimate of drug-likeness (QED) is 0.939. The Balaban J connectivity index is 2.36. The molecule has 0 radical (unpaired) electrons. The zero-order valence-corrected chi connectivity index (χ0v) is 11.9. The van der Waals surface area contributed by atoms with E-state index in [1.165, 1.54) is 4.88 Å². The molecule has 0 unspecified atom stereocenters. The maximum atomic E-state index is 11.0. The van der Waals surface area contributed by atoms with E-state index in [1.807, 2.05) is 30.5 Å². The van der Waals surface area contributed by atoms with Crippen LogP contribution in [-0.4, -0.2) is 15.6 Å². The molecule has 0 aromatic carbocycles. The first kappa shape index (κ1) is 12.4. The molecule has 90 valence electrons. The Morgan fingerprint density at radius 2 is 2.18 bits per heavy atom. The van der Waals surface area contributed by atoms with Gasteiger partial charge in [0.15, 0.2) is 0 Å². The molecule has 2 aromatic heterocycles. The third-order valence-corrected chi connectivity index (χ3v) is 4.36. The van der Waals surface area contributed by atoms with Crippen molar-refractivity contribution < 1.29 is 9.90 Å². The predicted molar refractivity (Wildman–Crippen MR) is 72.0 cm³/mol. The molecule has 0 bridgehead atoms. The average molecular weight is 314 g/mol. The van der Waals surface area contributed by atoms with Gasteiger partial charge in [0.05, 0.1) is 15.9 Å². The van der Waals surface area contributed by atoms with E-state index in [0.717, 1.165) is 21.7 Å². The highest BCUT2D eigenvalue weighted by Crippen LogP contribution is 2.25. The van der Waals surface area contributed by atoms with Gasteiger partial charge in [-0.2, -0.15) is 0 Å². The number of rotatable bonds is 3. The van der Waals surface area contributed by atoms with Crippen molar-refractivity contribution in [2.75, 3.05) is 0 Å². The van der Waals surface area contributed by atoms with Crippen LogP contribution in [0.4, 0.5) is 0 Å². The van der Waals surface area contributed by atoms with Gasteiger partial charge in [0.2, 0.25) is 0 Å². The largest absolute Gasteiger partial charge is 0.478 e. The van der Waals surface area contributed by atoms with Crippen LogP contribution in [-0.2, 0) is 6.54 Å². The predicted octanol–water partition coefficient (Wildman–Crippen LogP) is 3.68. The highest BCUT2D eigenvalue weighted by atomic mass is 79.9. The lowest BCUT2D eigenvalue weighted by Gasteiger charge is -2.07. The number of halogens is 1. The lowest BCUT2D eigenvalue weighted by atomic mass is 10.2. The van der Waals surface area contributed by atoms with E-state index in [9.17, 15) is 4.79 Å². The second-order valence-corrected chi connectivity index (χ2v) is 6.43. The minimum atomic E-state index is -0.864. The van der Waals surface area contributed by atoms with Crippen molar-refractivity contribution in [2.24, 2.45) is 0 Å². The number of carboxylic acid groups (broad SMARTS) is 1. The molecule has 0 aliphatic heterocycles. The van der Waals surface area contributed by atoms with Crippen LogP contribution in [0, 0.1) is 13.8 Å². The van der Waals surface area contributed by atoms with Crippen LogP contribution < -0.4 is 0 Å². The van der Waals surface area contributed by atoms with Gasteiger partial charge in [-0.1, -0.05) is 0 Å². The van der Waals surface area contributed by atoms with Crippen molar-refractivity contribution in [2.45, 2.75) is 20.4 Å². The summed E-state index contributed by atoms with van der Waals surface area (Å²) in [5.41, 5.74) is 2.17. The van der Waals surface area contributed by atoms with E-state index in [4.69, 9.17) is 5.11 Å². The van der Waals surface area contributed by atoms with Crippen molar-refractivity contribution in [3.8, 4) is 0 Å². The van der Waals surface area contributed by atoms with E-state index >= 15 is 0 Å². The van der Waals surface area contributed by atoms with Crippen molar-refractivity contribution in [1.82, 2.24) is 4.57 Å². The fourth-order valence-corrected chi connectivity index (χ4v) is 3.33. The minimum absolute atomic E-state index is 0.387. The summed E-state index contributed by atoms with van der Waals surface area (Å²) in [6, 6.07) is 5.78. The molecule has 0 aliphatic carbocycles. The Labute approximate surface area is 112 Å². The molecule has 17 heavy (non-hydrogen) atoms. The third kappa shape index (κ3) is 2.45. The number of nitrogens with zero attached hydrogens (tertiary/aromatic N) is 1. The first-order valence-electron chi connectivity index (χ1n) is 5.13. The number of thiophene rings is 1. The molecule has 1 N–H and O–H groups in total. The topological polar surface area (TPSA) is 42.2 Å². The standard InChI is InChI=1S/C12H12BrNO2S/c1-7-5-10(12(15)16)8(2)14(7)6-9-3-4-11(13)17-9/h3-5H,6H2,1-2H3,(H,15,16). The first-order chi connectivity index (χ1) is 7.99. The van der Waals surface area contributed by atoms with Gasteiger partial charge in [-0.05, 0) is 48.0 Å². The summed E-state index contributed by atoms with van der Waals surface area (Å²) in [7, 11) is 0. The summed E-state index contributed by atoms with van der Waals surface area (Å²) in [5, 5.41) is 9.06. The molecule has 0 spiro atoms. The molecule has 0 atom stereocenters. The lowest BCUT2D eigenvalue weighted by Crippen LogP contribution is -2.04. The Morgan fingerprint density at radius 1 is 1.47 bits per heavy atom. The number of aromatic nitrogens is 1. The van der Waals surface area contributed by atoms with Crippen LogP contribution in [0.1, 0.15) is 26.6 Å². The van der Waals surface area contributed by atoms with Crippen molar-refractivity contribution in [3.63, 3.8) is 0 Å². The van der Waals surface area contributed by atoms with Crippen LogP contribution in [0.25, 0.3) is 0 Å². The van der Waals surface area contributed by atoms with E-state index in [1.54, 1.807) is 17.4 Å². The Morgan fingerprint density at radius 3 is 2.65 bits per heavy atom. The highest BCUT2D eigenvalue weighted by molar-refractivity contribution is 9.11. The van der Waals surface area contributed by atoms with E-state index in [0.29, 0.717) is 5.56 Å². The Bertz CT molecular complexity index is 571. The lowest BCUT2D eigenvalue weighted by molar-refractivity contribution is 0.0696. The Hall–Kier alpha value is -1.07. The smallest absolute Gasteiger partial charge is 0.337 e. The van der Waals surface area contributed by atoms with Gasteiger partial charge in [0.25, 0.3) is 0 Å². The third-order valence-electron chi connectivity index (χ3n) is 2.75. The fraction of sp³-hybridized carbons (Fsp3) is 0.250. The van der Waals surface area contributed by atoms with Crippen LogP contribution in [0.3, 0.4) is 0 Å². The second kappa shape index (κ2) is 4.66. The minimum Gasteiger partial charge on any atom is -0.478 e. The summed E-state index contributed by atoms with van der Waals surface area (Å²) in [5.74, 6) is -0.864. The number of carboxylic acids is 1. The highest BCUT2D eigenvalue weighted by Gasteiger charge is 2.14. The summed E-state index contributed by atoms with van der Waals surface area (Å²) in [4.78, 5) is 12.2. The number of hydrogen-bond acceptors (Lipinski definition) is 2. The summed E-state index contributed by atoms with van der Waals surface area (Å²) < 4.78 is 3.12. The van der Waals surface area contributed by atoms with Crippen molar-refractivity contribution in [3.05, 3.63) is 43.8 Å². The van der Waals surface area contributed by atoms with E-state index < -0.39 is 5.97 Å². The zero-order valence-electron chi connectivity index (χ0n) is 9.53. The number of aryl methyl sites for hydroxylation is 1. The van der Waals surface area contributed by atoms with E-state index in [-0.39, 0.29) is 0 Å². The van der Waals surface area contributed by atoms with Crippen molar-refractivity contribution >= 4 is 33.2 Å². The maximum absolute atomic E-state index is 11.0. The summed E-state index contributed by atoms with van der Waals surface area (Å²) in [6.45, 7) is 4.50. The zero-order chi connectivity index (χ0) is 12.6. The average Bonchev–Trinajstić information content (AvgIpc) is 2.77. The molecular weight excluding hydrogens is 302 g/mol. The van der Waals surface area contributed by atoms with Crippen molar-refractivity contribution in [1.29, 1.82) is 0 Å². The molecule has 5 heteroatoms. The maximum Gasteiger partial charge on any atom is 0.337 e. The summed E-state index contributed by atoms with van der Waals surface area (Å²) in [6.07, 6.45) is 0. The van der Waals surface area contributed by atoms with Gasteiger partial charge < -0.3 is 9.67 Å². The number of carbonyl (C=O) groups is 1. The monoisotopic (exact) mass is 313 g/mol.